The molecule has 0 radical (unpaired) electrons. The number of nitrogens with zero attached hydrogens (tertiary/aromatic N) is 1. The van der Waals surface area contributed by atoms with Gasteiger partial charge in [-0.3, -0.25) is 24.1 Å². The van der Waals surface area contributed by atoms with E-state index in [2.05, 4.69) is 0 Å². The van der Waals surface area contributed by atoms with Crippen LogP contribution in [0, 0.1) is 0 Å². The molecule has 0 unspecified atom stereocenters. The molecule has 0 fully saturated rings. The van der Waals surface area contributed by atoms with Gasteiger partial charge in [-0.25, -0.2) is 0 Å². The smallest absolute Gasteiger partial charge is 0.308 e. The lowest BCUT2D eigenvalue weighted by atomic mass is 10.0. The third-order valence-corrected chi connectivity index (χ3v) is 3.75. The van der Waals surface area contributed by atoms with Crippen LogP contribution in [-0.2, 0) is 19.2 Å². The first-order chi connectivity index (χ1) is 14.5. The van der Waals surface area contributed by atoms with E-state index in [1.54, 1.807) is 12.1 Å². The molecule has 0 saturated heterocycles. The second-order valence-electron chi connectivity index (χ2n) is 6.63. The number of hydrogen-bond donors (Lipinski definition) is 0. The molecule has 2 amide bonds. The lowest BCUT2D eigenvalue weighted by Crippen LogP contribution is -2.33. The number of anilines is 1. The van der Waals surface area contributed by atoms with Gasteiger partial charge in [0.15, 0.2) is 11.5 Å². The number of benzene rings is 2. The van der Waals surface area contributed by atoms with E-state index in [1.807, 2.05) is 27.7 Å². The van der Waals surface area contributed by atoms with Crippen LogP contribution in [0.1, 0.15) is 55.4 Å². The number of imide groups is 1. The van der Waals surface area contributed by atoms with Gasteiger partial charge in [-0.2, -0.15) is 0 Å². The van der Waals surface area contributed by atoms with Gasteiger partial charge in [0.2, 0.25) is 11.8 Å². The molecule has 2 rings (SSSR count). The van der Waals surface area contributed by atoms with E-state index in [1.165, 1.54) is 39.8 Å². The minimum atomic E-state index is -0.663. The molecule has 0 spiro atoms. The molecule has 0 aliphatic rings. The summed E-state index contributed by atoms with van der Waals surface area (Å²) in [7, 11) is 0. The minimum Gasteiger partial charge on any atom is -0.490 e. The highest BCUT2D eigenvalue weighted by Gasteiger charge is 2.26. The summed E-state index contributed by atoms with van der Waals surface area (Å²) >= 11 is 0. The predicted molar refractivity (Wildman–Crippen MR) is 118 cm³/mol. The van der Waals surface area contributed by atoms with Crippen LogP contribution >= 0.6 is 0 Å². The summed E-state index contributed by atoms with van der Waals surface area (Å²) in [4.78, 5) is 48.7. The minimum absolute atomic E-state index is 0.0599. The molecule has 0 heterocycles. The van der Waals surface area contributed by atoms with Crippen LogP contribution in [-0.4, -0.2) is 29.9 Å². The lowest BCUT2D eigenvalue weighted by Gasteiger charge is -2.23. The van der Waals surface area contributed by atoms with Crippen molar-refractivity contribution in [2.45, 2.75) is 61.5 Å². The second-order valence-corrected chi connectivity index (χ2v) is 6.63. The van der Waals surface area contributed by atoms with Gasteiger partial charge in [-0.15, -0.1) is 0 Å². The van der Waals surface area contributed by atoms with Crippen molar-refractivity contribution in [2.75, 3.05) is 4.90 Å². The van der Waals surface area contributed by atoms with Crippen LogP contribution in [0.3, 0.4) is 0 Å². The Bertz CT molecular complexity index is 981. The summed E-state index contributed by atoms with van der Waals surface area (Å²) in [5, 5.41) is 0.721. The molecule has 0 aliphatic carbocycles. The van der Waals surface area contributed by atoms with E-state index in [0.717, 1.165) is 4.90 Å². The summed E-state index contributed by atoms with van der Waals surface area (Å²) in [5.41, 5.74) is 0.182. The average molecular weight is 431 g/mol. The Morgan fingerprint density at radius 3 is 1.84 bits per heavy atom. The Labute approximate surface area is 182 Å². The normalized spacial score (nSPS) is 10.1. The predicted octanol–water partition coefficient (Wildman–Crippen LogP) is 4.40. The zero-order valence-electron chi connectivity index (χ0n) is 19.2. The molecule has 0 aromatic heterocycles. The molecule has 8 heteroatoms. The van der Waals surface area contributed by atoms with E-state index in [4.69, 9.17) is 14.2 Å². The highest BCUT2D eigenvalue weighted by Crippen LogP contribution is 2.46. The van der Waals surface area contributed by atoms with Crippen molar-refractivity contribution in [1.29, 1.82) is 0 Å². The number of hydrogen-bond acceptors (Lipinski definition) is 7. The van der Waals surface area contributed by atoms with Crippen molar-refractivity contribution in [3.63, 3.8) is 0 Å². The number of rotatable bonds is 5. The van der Waals surface area contributed by atoms with Crippen LogP contribution in [0.2, 0.25) is 0 Å². The largest absolute Gasteiger partial charge is 0.490 e. The van der Waals surface area contributed by atoms with Gasteiger partial charge in [0, 0.05) is 39.1 Å². The SMILES string of the molecule is CC.CC(=O)Oc1cc(OC(C)C)c2cccc(N(C(C)=O)C(C)=O)c2c1OC(C)=O. The number of fused-ring (bicyclic) bond motifs is 1. The van der Waals surface area contributed by atoms with Crippen molar-refractivity contribution in [1.82, 2.24) is 0 Å². The molecule has 0 atom stereocenters. The third-order valence-electron chi connectivity index (χ3n) is 3.75. The van der Waals surface area contributed by atoms with Crippen molar-refractivity contribution in [2.24, 2.45) is 0 Å². The van der Waals surface area contributed by atoms with Crippen molar-refractivity contribution < 1.29 is 33.4 Å². The Hall–Kier alpha value is -3.42. The maximum absolute atomic E-state index is 12.2. The molecule has 0 bridgehead atoms. The summed E-state index contributed by atoms with van der Waals surface area (Å²) in [6.07, 6.45) is -0.219. The Kier molecular flexibility index (Phi) is 9.17. The molecular formula is C23H29NO7. The quantitative estimate of drug-likeness (QED) is 0.511. The molecular weight excluding hydrogens is 402 g/mol. The number of amides is 2. The number of carbonyl (C=O) groups excluding carboxylic acids is 4. The zero-order valence-corrected chi connectivity index (χ0v) is 19.2. The monoisotopic (exact) mass is 431 g/mol. The van der Waals surface area contributed by atoms with E-state index in [-0.39, 0.29) is 28.7 Å². The molecule has 168 valence electrons. The fourth-order valence-corrected chi connectivity index (χ4v) is 2.94. The van der Waals surface area contributed by atoms with Gasteiger partial charge >= 0.3 is 11.9 Å². The zero-order chi connectivity index (χ0) is 23.9. The highest BCUT2D eigenvalue weighted by atomic mass is 16.6. The third kappa shape index (κ3) is 6.28. The summed E-state index contributed by atoms with van der Waals surface area (Å²) in [6.45, 7) is 12.5. The van der Waals surface area contributed by atoms with Gasteiger partial charge in [0.25, 0.3) is 0 Å². The Morgan fingerprint density at radius 1 is 0.839 bits per heavy atom. The molecule has 2 aromatic rings. The maximum atomic E-state index is 12.2. The highest BCUT2D eigenvalue weighted by molar-refractivity contribution is 6.19. The van der Waals surface area contributed by atoms with Gasteiger partial charge in [-0.1, -0.05) is 26.0 Å². The number of carbonyl (C=O) groups is 4. The fourth-order valence-electron chi connectivity index (χ4n) is 2.94. The van der Waals surface area contributed by atoms with Crippen LogP contribution in [0.5, 0.6) is 17.2 Å². The van der Waals surface area contributed by atoms with Gasteiger partial charge in [-0.05, 0) is 19.9 Å². The maximum Gasteiger partial charge on any atom is 0.308 e. The van der Waals surface area contributed by atoms with Crippen LogP contribution in [0.4, 0.5) is 5.69 Å². The van der Waals surface area contributed by atoms with Crippen LogP contribution < -0.4 is 19.1 Å². The van der Waals surface area contributed by atoms with E-state index in [9.17, 15) is 19.2 Å². The topological polar surface area (TPSA) is 99.2 Å². The lowest BCUT2D eigenvalue weighted by molar-refractivity contribution is -0.134. The van der Waals surface area contributed by atoms with E-state index in [0.29, 0.717) is 11.1 Å². The molecule has 2 aromatic carbocycles. The first kappa shape index (κ1) is 25.6. The van der Waals surface area contributed by atoms with Crippen molar-refractivity contribution in [3.05, 3.63) is 24.3 Å². The van der Waals surface area contributed by atoms with E-state index >= 15 is 0 Å². The van der Waals surface area contributed by atoms with E-state index < -0.39 is 23.8 Å². The first-order valence-electron chi connectivity index (χ1n) is 9.97. The first-order valence-corrected chi connectivity index (χ1v) is 9.97. The molecule has 31 heavy (non-hydrogen) atoms. The van der Waals surface area contributed by atoms with Gasteiger partial charge < -0.3 is 14.2 Å². The van der Waals surface area contributed by atoms with Crippen LogP contribution in [0.15, 0.2) is 24.3 Å². The number of ether oxygens (including phenoxy) is 3. The molecule has 0 aliphatic heterocycles. The van der Waals surface area contributed by atoms with Crippen LogP contribution in [0.25, 0.3) is 10.8 Å². The Balaban J connectivity index is 0.00000233. The van der Waals surface area contributed by atoms with Gasteiger partial charge in [0.1, 0.15) is 5.75 Å². The summed E-state index contributed by atoms with van der Waals surface area (Å²) in [6, 6.07) is 6.32. The van der Waals surface area contributed by atoms with Crippen molar-refractivity contribution >= 4 is 40.2 Å². The fraction of sp³-hybridized carbons (Fsp3) is 0.391. The van der Waals surface area contributed by atoms with Gasteiger partial charge in [0.05, 0.1) is 17.2 Å². The molecule has 0 N–H and O–H groups in total. The second kappa shape index (κ2) is 11.1. The molecule has 0 saturated carbocycles. The Morgan fingerprint density at radius 2 is 1.39 bits per heavy atom. The summed E-state index contributed by atoms with van der Waals surface area (Å²) < 4.78 is 16.4. The number of esters is 2. The summed E-state index contributed by atoms with van der Waals surface area (Å²) in [5.74, 6) is -2.15. The van der Waals surface area contributed by atoms with Crippen molar-refractivity contribution in [3.8, 4) is 17.2 Å². The molecule has 8 nitrogen and oxygen atoms in total. The standard InChI is InChI=1S/C21H23NO7.C2H6/c1-11(2)27-18-10-19(28-14(5)25)21(29-15(6)26)20-16(18)8-7-9-17(20)22(12(3)23)13(4)24;1-2/h7-11H,1-6H3;1-2H3. The average Bonchev–Trinajstić information content (AvgIpc) is 2.64.